The van der Waals surface area contributed by atoms with E-state index in [-0.39, 0.29) is 24.4 Å². The number of carbonyl (C=O) groups is 1. The summed E-state index contributed by atoms with van der Waals surface area (Å²) in [5, 5.41) is 0. The van der Waals surface area contributed by atoms with E-state index in [4.69, 9.17) is 5.73 Å². The van der Waals surface area contributed by atoms with Gasteiger partial charge in [-0.1, -0.05) is 29.8 Å². The molecular formula is C14H23ClN2O. The summed E-state index contributed by atoms with van der Waals surface area (Å²) in [5.41, 5.74) is 7.99. The monoisotopic (exact) mass is 270 g/mol. The summed E-state index contributed by atoms with van der Waals surface area (Å²) in [5.74, 6) is 0.156. The van der Waals surface area contributed by atoms with E-state index in [0.717, 1.165) is 6.42 Å². The molecule has 102 valence electrons. The second-order valence-corrected chi connectivity index (χ2v) is 4.57. The van der Waals surface area contributed by atoms with E-state index in [1.165, 1.54) is 11.1 Å². The molecule has 0 spiro atoms. The number of nitrogens with two attached hydrogens (primary N) is 1. The van der Waals surface area contributed by atoms with Crippen molar-refractivity contribution in [2.75, 3.05) is 13.6 Å². The van der Waals surface area contributed by atoms with Crippen molar-refractivity contribution in [2.45, 2.75) is 32.7 Å². The van der Waals surface area contributed by atoms with Gasteiger partial charge in [-0.3, -0.25) is 4.79 Å². The van der Waals surface area contributed by atoms with Crippen molar-refractivity contribution >= 4 is 18.3 Å². The number of amides is 1. The molecule has 0 aliphatic carbocycles. The first-order valence-corrected chi connectivity index (χ1v) is 6.06. The van der Waals surface area contributed by atoms with Gasteiger partial charge in [-0.25, -0.2) is 0 Å². The van der Waals surface area contributed by atoms with Gasteiger partial charge in [-0.05, 0) is 25.8 Å². The lowest BCUT2D eigenvalue weighted by molar-refractivity contribution is -0.131. The first-order chi connectivity index (χ1) is 8.04. The lowest BCUT2D eigenvalue weighted by Crippen LogP contribution is -2.39. The van der Waals surface area contributed by atoms with E-state index in [1.54, 1.807) is 4.90 Å². The third kappa shape index (κ3) is 5.07. The Morgan fingerprint density at radius 1 is 1.33 bits per heavy atom. The Balaban J connectivity index is 0.00000289. The molecule has 0 aliphatic rings. The van der Waals surface area contributed by atoms with Gasteiger partial charge >= 0.3 is 0 Å². The number of carbonyl (C=O) groups excluding carboxylic acids is 1. The van der Waals surface area contributed by atoms with Gasteiger partial charge in [0.1, 0.15) is 0 Å². The Kier molecular flexibility index (Phi) is 7.64. The molecule has 0 aliphatic heterocycles. The highest BCUT2D eigenvalue weighted by Gasteiger charge is 2.13. The molecule has 0 bridgehead atoms. The van der Waals surface area contributed by atoms with Crippen LogP contribution in [0.2, 0.25) is 0 Å². The van der Waals surface area contributed by atoms with Crippen molar-refractivity contribution in [1.29, 1.82) is 0 Å². The van der Waals surface area contributed by atoms with Crippen molar-refractivity contribution in [3.8, 4) is 0 Å². The predicted octanol–water partition coefficient (Wildman–Crippen LogP) is 2.16. The van der Waals surface area contributed by atoms with Gasteiger partial charge in [0, 0.05) is 26.1 Å². The Bertz CT molecular complexity index is 365. The van der Waals surface area contributed by atoms with Crippen molar-refractivity contribution in [3.05, 3.63) is 35.4 Å². The van der Waals surface area contributed by atoms with Gasteiger partial charge in [-0.15, -0.1) is 12.4 Å². The maximum atomic E-state index is 11.9. The number of halogens is 1. The lowest BCUT2D eigenvalue weighted by Gasteiger charge is -2.23. The van der Waals surface area contributed by atoms with Crippen LogP contribution in [0.25, 0.3) is 0 Å². The Morgan fingerprint density at radius 2 is 1.89 bits per heavy atom. The molecular weight excluding hydrogens is 248 g/mol. The quantitative estimate of drug-likeness (QED) is 0.891. The smallest absolute Gasteiger partial charge is 0.222 e. The molecule has 1 rings (SSSR count). The van der Waals surface area contributed by atoms with Crippen molar-refractivity contribution in [2.24, 2.45) is 5.73 Å². The number of rotatable bonds is 5. The molecule has 0 radical (unpaired) electrons. The predicted molar refractivity (Wildman–Crippen MR) is 78.0 cm³/mol. The minimum absolute atomic E-state index is 0. The topological polar surface area (TPSA) is 46.3 Å². The third-order valence-corrected chi connectivity index (χ3v) is 3.14. The molecule has 1 aromatic carbocycles. The maximum absolute atomic E-state index is 11.9. The first kappa shape index (κ1) is 16.9. The van der Waals surface area contributed by atoms with Crippen LogP contribution in [0.5, 0.6) is 0 Å². The molecule has 0 fully saturated rings. The summed E-state index contributed by atoms with van der Waals surface area (Å²) in [6.45, 7) is 4.53. The second kappa shape index (κ2) is 8.11. The van der Waals surface area contributed by atoms with E-state index >= 15 is 0 Å². The molecule has 0 aromatic heterocycles. The fourth-order valence-electron chi connectivity index (χ4n) is 1.59. The summed E-state index contributed by atoms with van der Waals surface area (Å²) in [6, 6.07) is 8.42. The van der Waals surface area contributed by atoms with E-state index in [2.05, 4.69) is 31.2 Å². The Labute approximate surface area is 116 Å². The molecule has 0 heterocycles. The fourth-order valence-corrected chi connectivity index (χ4v) is 1.59. The van der Waals surface area contributed by atoms with Crippen LogP contribution in [0.15, 0.2) is 24.3 Å². The maximum Gasteiger partial charge on any atom is 0.222 e. The molecule has 2 N–H and O–H groups in total. The van der Waals surface area contributed by atoms with Crippen LogP contribution in [-0.4, -0.2) is 30.4 Å². The van der Waals surface area contributed by atoms with Crippen LogP contribution >= 0.6 is 12.4 Å². The van der Waals surface area contributed by atoms with E-state index in [0.29, 0.717) is 13.0 Å². The van der Waals surface area contributed by atoms with Gasteiger partial charge in [0.25, 0.3) is 0 Å². The van der Waals surface area contributed by atoms with Crippen LogP contribution in [-0.2, 0) is 11.2 Å². The summed E-state index contributed by atoms with van der Waals surface area (Å²) >= 11 is 0. The molecule has 0 saturated heterocycles. The fraction of sp³-hybridized carbons (Fsp3) is 0.500. The average molecular weight is 271 g/mol. The number of benzene rings is 1. The van der Waals surface area contributed by atoms with E-state index in [9.17, 15) is 4.79 Å². The van der Waals surface area contributed by atoms with Gasteiger partial charge in [-0.2, -0.15) is 0 Å². The zero-order valence-corrected chi connectivity index (χ0v) is 12.2. The van der Waals surface area contributed by atoms with E-state index in [1.807, 2.05) is 14.0 Å². The normalized spacial score (nSPS) is 11.6. The van der Waals surface area contributed by atoms with Crippen LogP contribution < -0.4 is 5.73 Å². The van der Waals surface area contributed by atoms with E-state index < -0.39 is 0 Å². The van der Waals surface area contributed by atoms with Crippen molar-refractivity contribution in [1.82, 2.24) is 4.90 Å². The van der Waals surface area contributed by atoms with Gasteiger partial charge < -0.3 is 10.6 Å². The highest BCUT2D eigenvalue weighted by Crippen LogP contribution is 2.07. The van der Waals surface area contributed by atoms with Crippen LogP contribution in [0, 0.1) is 6.92 Å². The van der Waals surface area contributed by atoms with Gasteiger partial charge in [0.2, 0.25) is 5.91 Å². The van der Waals surface area contributed by atoms with Crippen LogP contribution in [0.3, 0.4) is 0 Å². The summed E-state index contributed by atoms with van der Waals surface area (Å²) < 4.78 is 0. The minimum Gasteiger partial charge on any atom is -0.342 e. The largest absolute Gasteiger partial charge is 0.342 e. The number of hydrogen-bond donors (Lipinski definition) is 1. The zero-order chi connectivity index (χ0) is 12.8. The van der Waals surface area contributed by atoms with Crippen LogP contribution in [0.1, 0.15) is 24.5 Å². The third-order valence-electron chi connectivity index (χ3n) is 3.14. The number of aryl methyl sites for hydroxylation is 2. The molecule has 1 aromatic rings. The molecule has 18 heavy (non-hydrogen) atoms. The summed E-state index contributed by atoms with van der Waals surface area (Å²) in [6.07, 6.45) is 1.34. The van der Waals surface area contributed by atoms with Gasteiger partial charge in [0.05, 0.1) is 0 Å². The van der Waals surface area contributed by atoms with Gasteiger partial charge in [0.15, 0.2) is 0 Å². The van der Waals surface area contributed by atoms with Crippen molar-refractivity contribution < 1.29 is 4.79 Å². The SMILES string of the molecule is Cc1ccc(CCC(=O)N(C)C(C)CN)cc1.Cl. The molecule has 1 unspecified atom stereocenters. The van der Waals surface area contributed by atoms with Crippen LogP contribution in [0.4, 0.5) is 0 Å². The summed E-state index contributed by atoms with van der Waals surface area (Å²) in [7, 11) is 1.81. The zero-order valence-electron chi connectivity index (χ0n) is 11.3. The highest BCUT2D eigenvalue weighted by atomic mass is 35.5. The lowest BCUT2D eigenvalue weighted by atomic mass is 10.1. The molecule has 0 saturated carbocycles. The highest BCUT2D eigenvalue weighted by molar-refractivity contribution is 5.85. The average Bonchev–Trinajstić information content (AvgIpc) is 2.35. The number of nitrogens with zero attached hydrogens (tertiary/aromatic N) is 1. The number of likely N-dealkylation sites (N-methyl/N-ethyl adjacent to an activating group) is 1. The first-order valence-electron chi connectivity index (χ1n) is 6.06. The second-order valence-electron chi connectivity index (χ2n) is 4.57. The Hall–Kier alpha value is -1.06. The standard InChI is InChI=1S/C14H22N2O.ClH/c1-11-4-6-13(7-5-11)8-9-14(17)16(3)12(2)10-15;/h4-7,12H,8-10,15H2,1-3H3;1H. The minimum atomic E-state index is 0. The summed E-state index contributed by atoms with van der Waals surface area (Å²) in [4.78, 5) is 13.6. The number of hydrogen-bond acceptors (Lipinski definition) is 2. The Morgan fingerprint density at radius 3 is 2.39 bits per heavy atom. The molecule has 3 nitrogen and oxygen atoms in total. The molecule has 1 amide bonds. The molecule has 4 heteroatoms. The van der Waals surface area contributed by atoms with Crippen molar-refractivity contribution in [3.63, 3.8) is 0 Å². The molecule has 1 atom stereocenters.